The molecule has 1 aromatic carbocycles. The topological polar surface area (TPSA) is 0 Å². The Balaban J connectivity index is 2.19. The zero-order valence-electron chi connectivity index (χ0n) is 8.14. The second-order valence-electron chi connectivity index (χ2n) is 3.80. The Morgan fingerprint density at radius 2 is 1.80 bits per heavy atom. The van der Waals surface area contributed by atoms with Gasteiger partial charge in [-0.1, -0.05) is 34.1 Å². The molecule has 0 fully saturated rings. The van der Waals surface area contributed by atoms with E-state index in [-0.39, 0.29) is 12.8 Å². The van der Waals surface area contributed by atoms with Crippen molar-refractivity contribution in [2.24, 2.45) is 0 Å². The van der Waals surface area contributed by atoms with Crippen molar-refractivity contribution in [1.29, 1.82) is 0 Å². The first kappa shape index (κ1) is 10.8. The van der Waals surface area contributed by atoms with E-state index in [0.717, 1.165) is 15.6 Å². The van der Waals surface area contributed by atoms with Gasteiger partial charge in [-0.05, 0) is 29.7 Å². The Bertz CT molecular complexity index is 379. The number of hydrogen-bond acceptors (Lipinski definition) is 0. The standard InChI is InChI=1S/C12H11BrF2/c13-11-3-1-9(2-4-11)10-5-7-12(14,15)8-6-10/h1-5H,6-8H2. The lowest BCUT2D eigenvalue weighted by Crippen LogP contribution is -2.18. The molecule has 0 radical (unpaired) electrons. The van der Waals surface area contributed by atoms with Crippen LogP contribution in [0.3, 0.4) is 0 Å². The van der Waals surface area contributed by atoms with Crippen LogP contribution in [-0.4, -0.2) is 5.92 Å². The molecule has 0 amide bonds. The summed E-state index contributed by atoms with van der Waals surface area (Å²) in [6.45, 7) is 0. The van der Waals surface area contributed by atoms with E-state index in [9.17, 15) is 8.78 Å². The normalized spacial score (nSPS) is 19.8. The minimum absolute atomic E-state index is 0.0328. The van der Waals surface area contributed by atoms with Crippen molar-refractivity contribution in [1.82, 2.24) is 0 Å². The van der Waals surface area contributed by atoms with Crippen LogP contribution < -0.4 is 0 Å². The number of hydrogen-bond donors (Lipinski definition) is 0. The summed E-state index contributed by atoms with van der Waals surface area (Å²) in [5.74, 6) is -2.50. The lowest BCUT2D eigenvalue weighted by molar-refractivity contribution is -0.00602. The van der Waals surface area contributed by atoms with Crippen molar-refractivity contribution in [3.63, 3.8) is 0 Å². The largest absolute Gasteiger partial charge is 0.251 e. The molecular weight excluding hydrogens is 262 g/mol. The highest BCUT2D eigenvalue weighted by atomic mass is 79.9. The van der Waals surface area contributed by atoms with Crippen LogP contribution in [0.4, 0.5) is 8.78 Å². The molecule has 3 heteroatoms. The van der Waals surface area contributed by atoms with Gasteiger partial charge in [-0.25, -0.2) is 8.78 Å². The van der Waals surface area contributed by atoms with Gasteiger partial charge >= 0.3 is 0 Å². The molecule has 0 aliphatic heterocycles. The van der Waals surface area contributed by atoms with E-state index in [1.54, 1.807) is 6.08 Å². The summed E-state index contributed by atoms with van der Waals surface area (Å²) in [4.78, 5) is 0. The number of allylic oxidation sites excluding steroid dienone is 2. The molecule has 0 aromatic heterocycles. The second-order valence-corrected chi connectivity index (χ2v) is 4.71. The smallest absolute Gasteiger partial charge is 0.207 e. The van der Waals surface area contributed by atoms with Gasteiger partial charge < -0.3 is 0 Å². The monoisotopic (exact) mass is 272 g/mol. The van der Waals surface area contributed by atoms with Gasteiger partial charge in [0.2, 0.25) is 0 Å². The van der Waals surface area contributed by atoms with E-state index < -0.39 is 5.92 Å². The van der Waals surface area contributed by atoms with Crippen LogP contribution in [0.25, 0.3) is 5.57 Å². The summed E-state index contributed by atoms with van der Waals surface area (Å²) >= 11 is 3.35. The molecule has 0 heterocycles. The van der Waals surface area contributed by atoms with Gasteiger partial charge in [-0.3, -0.25) is 0 Å². The molecule has 0 unspecified atom stereocenters. The molecule has 1 aromatic rings. The number of halogens is 3. The molecule has 0 spiro atoms. The van der Waals surface area contributed by atoms with Crippen molar-refractivity contribution in [2.45, 2.75) is 25.2 Å². The maximum absolute atomic E-state index is 12.9. The summed E-state index contributed by atoms with van der Waals surface area (Å²) in [5, 5.41) is 0. The zero-order chi connectivity index (χ0) is 10.9. The predicted octanol–water partition coefficient (Wildman–Crippen LogP) is 4.65. The first-order valence-electron chi connectivity index (χ1n) is 4.90. The Morgan fingerprint density at radius 1 is 1.13 bits per heavy atom. The second kappa shape index (κ2) is 4.05. The summed E-state index contributed by atoms with van der Waals surface area (Å²) in [6, 6.07) is 7.78. The van der Waals surface area contributed by atoms with Crippen molar-refractivity contribution < 1.29 is 8.78 Å². The highest BCUT2D eigenvalue weighted by Gasteiger charge is 2.30. The number of benzene rings is 1. The molecular formula is C12H11BrF2. The van der Waals surface area contributed by atoms with Gasteiger partial charge in [0.1, 0.15) is 0 Å². The molecule has 15 heavy (non-hydrogen) atoms. The van der Waals surface area contributed by atoms with Crippen LogP contribution >= 0.6 is 15.9 Å². The third-order valence-electron chi connectivity index (χ3n) is 2.62. The van der Waals surface area contributed by atoms with E-state index in [0.29, 0.717) is 6.42 Å². The van der Waals surface area contributed by atoms with Gasteiger partial charge in [0, 0.05) is 17.3 Å². The van der Waals surface area contributed by atoms with Crippen LogP contribution in [0.2, 0.25) is 0 Å². The fourth-order valence-electron chi connectivity index (χ4n) is 1.72. The first-order chi connectivity index (χ1) is 7.07. The highest BCUT2D eigenvalue weighted by molar-refractivity contribution is 9.10. The Hall–Kier alpha value is -0.700. The zero-order valence-corrected chi connectivity index (χ0v) is 9.73. The van der Waals surface area contributed by atoms with Crippen molar-refractivity contribution >= 4 is 21.5 Å². The molecule has 1 aliphatic rings. The van der Waals surface area contributed by atoms with Gasteiger partial charge in [0.25, 0.3) is 5.92 Å². The van der Waals surface area contributed by atoms with E-state index in [4.69, 9.17) is 0 Å². The quantitative estimate of drug-likeness (QED) is 0.698. The fraction of sp³-hybridized carbons (Fsp3) is 0.333. The van der Waals surface area contributed by atoms with Gasteiger partial charge in [0.05, 0.1) is 0 Å². The van der Waals surface area contributed by atoms with E-state index in [1.165, 1.54) is 0 Å². The van der Waals surface area contributed by atoms with Gasteiger partial charge in [-0.2, -0.15) is 0 Å². The highest BCUT2D eigenvalue weighted by Crippen LogP contribution is 2.36. The van der Waals surface area contributed by atoms with E-state index in [1.807, 2.05) is 24.3 Å². The van der Waals surface area contributed by atoms with Crippen LogP contribution in [0.15, 0.2) is 34.8 Å². The summed E-state index contributed by atoms with van der Waals surface area (Å²) in [6.07, 6.45) is 1.97. The summed E-state index contributed by atoms with van der Waals surface area (Å²) < 4.78 is 26.8. The van der Waals surface area contributed by atoms with Crippen LogP contribution in [0, 0.1) is 0 Å². The number of alkyl halides is 2. The average molecular weight is 273 g/mol. The van der Waals surface area contributed by atoms with Crippen molar-refractivity contribution in [3.8, 4) is 0 Å². The Morgan fingerprint density at radius 3 is 2.33 bits per heavy atom. The van der Waals surface area contributed by atoms with Crippen LogP contribution in [-0.2, 0) is 0 Å². The molecule has 0 N–H and O–H groups in total. The molecule has 0 atom stereocenters. The minimum Gasteiger partial charge on any atom is -0.207 e. The molecule has 80 valence electrons. The Kier molecular flexibility index (Phi) is 2.91. The lowest BCUT2D eigenvalue weighted by Gasteiger charge is -2.21. The van der Waals surface area contributed by atoms with Gasteiger partial charge in [0.15, 0.2) is 0 Å². The van der Waals surface area contributed by atoms with Gasteiger partial charge in [-0.15, -0.1) is 0 Å². The predicted molar refractivity (Wildman–Crippen MR) is 60.9 cm³/mol. The maximum atomic E-state index is 12.9. The molecule has 0 nitrogen and oxygen atoms in total. The molecule has 0 bridgehead atoms. The molecule has 0 saturated carbocycles. The molecule has 2 rings (SSSR count). The third-order valence-corrected chi connectivity index (χ3v) is 3.15. The lowest BCUT2D eigenvalue weighted by atomic mass is 9.92. The van der Waals surface area contributed by atoms with Crippen LogP contribution in [0.1, 0.15) is 24.8 Å². The summed E-state index contributed by atoms with van der Waals surface area (Å²) in [7, 11) is 0. The van der Waals surface area contributed by atoms with Crippen molar-refractivity contribution in [3.05, 3.63) is 40.4 Å². The van der Waals surface area contributed by atoms with Crippen LogP contribution in [0.5, 0.6) is 0 Å². The van der Waals surface area contributed by atoms with E-state index >= 15 is 0 Å². The van der Waals surface area contributed by atoms with E-state index in [2.05, 4.69) is 15.9 Å². The summed E-state index contributed by atoms with van der Waals surface area (Å²) in [5.41, 5.74) is 2.09. The molecule has 0 saturated heterocycles. The SMILES string of the molecule is FC1(F)CC=C(c2ccc(Br)cc2)CC1. The third kappa shape index (κ3) is 2.65. The molecule has 1 aliphatic carbocycles. The minimum atomic E-state index is -2.50. The fourth-order valence-corrected chi connectivity index (χ4v) is 1.98. The van der Waals surface area contributed by atoms with Crippen molar-refractivity contribution in [2.75, 3.05) is 0 Å². The Labute approximate surface area is 96.1 Å². The average Bonchev–Trinajstić information content (AvgIpc) is 2.20. The maximum Gasteiger partial charge on any atom is 0.251 e. The first-order valence-corrected chi connectivity index (χ1v) is 5.69. The number of rotatable bonds is 1.